The number of halogens is 1. The summed E-state index contributed by atoms with van der Waals surface area (Å²) >= 11 is 6.77. The Bertz CT molecular complexity index is 1690. The number of nitrogens with zero attached hydrogens (tertiary/aromatic N) is 5. The van der Waals surface area contributed by atoms with E-state index in [-0.39, 0.29) is 12.5 Å². The van der Waals surface area contributed by atoms with Gasteiger partial charge in [0.1, 0.15) is 6.07 Å². The molecule has 0 radical (unpaired) electrons. The number of pyridine rings is 1. The topological polar surface area (TPSA) is 97.2 Å². The lowest BCUT2D eigenvalue weighted by Crippen LogP contribution is -2.12. The average molecular weight is 518 g/mol. The van der Waals surface area contributed by atoms with Crippen molar-refractivity contribution in [3.05, 3.63) is 118 Å². The van der Waals surface area contributed by atoms with Crippen LogP contribution in [0.4, 0.5) is 5.69 Å². The third-order valence-corrected chi connectivity index (χ3v) is 6.90. The fourth-order valence-corrected chi connectivity index (χ4v) is 5.02. The molecule has 4 aromatic rings. The van der Waals surface area contributed by atoms with Gasteiger partial charge in [-0.2, -0.15) is 20.8 Å². The van der Waals surface area contributed by atoms with E-state index in [1.165, 1.54) is 0 Å². The first kappa shape index (κ1) is 23.9. The minimum atomic E-state index is -1.30. The van der Waals surface area contributed by atoms with Crippen molar-refractivity contribution in [3.8, 4) is 12.1 Å². The molecule has 186 valence electrons. The first-order valence-electron chi connectivity index (χ1n) is 12.9. The van der Waals surface area contributed by atoms with Crippen LogP contribution in [0.3, 0.4) is 0 Å². The highest BCUT2D eigenvalue weighted by Crippen LogP contribution is 2.37. The highest BCUT2D eigenvalue weighted by molar-refractivity contribution is 6.35. The van der Waals surface area contributed by atoms with Crippen molar-refractivity contribution in [2.45, 2.75) is 31.7 Å². The molecule has 0 bridgehead atoms. The maximum absolute atomic E-state index is 9.95. The van der Waals surface area contributed by atoms with Gasteiger partial charge in [-0.15, -0.1) is 0 Å². The molecule has 0 fully saturated rings. The summed E-state index contributed by atoms with van der Waals surface area (Å²) in [6, 6.07) is 25.3. The summed E-state index contributed by atoms with van der Waals surface area (Å²) in [5.41, 5.74) is 5.16. The SMILES string of the molecule is [2H][C@@](Cc1cc(Cl)c2ncc(C#N)c(N[C@H](CC)c3ccccc3)c2c1)(C1=CCN=N1)c1cccc(C#N)c1. The Morgan fingerprint density at radius 2 is 1.87 bits per heavy atom. The average Bonchev–Trinajstić information content (AvgIpc) is 3.52. The van der Waals surface area contributed by atoms with E-state index in [2.05, 4.69) is 51.7 Å². The second-order valence-corrected chi connectivity index (χ2v) is 9.42. The zero-order chi connectivity index (χ0) is 27.4. The second-order valence-electron chi connectivity index (χ2n) is 9.01. The number of azo groups is 1. The molecule has 2 atom stereocenters. The molecule has 0 aliphatic carbocycles. The van der Waals surface area contributed by atoms with E-state index in [1.54, 1.807) is 24.4 Å². The molecule has 0 spiro atoms. The monoisotopic (exact) mass is 517 g/mol. The molecule has 0 unspecified atom stereocenters. The van der Waals surface area contributed by atoms with Gasteiger partial charge in [0.25, 0.3) is 0 Å². The fourth-order valence-electron chi connectivity index (χ4n) is 4.73. The van der Waals surface area contributed by atoms with Crippen LogP contribution in [-0.4, -0.2) is 11.5 Å². The van der Waals surface area contributed by atoms with E-state index in [0.29, 0.717) is 50.5 Å². The highest BCUT2D eigenvalue weighted by Gasteiger charge is 2.22. The minimum absolute atomic E-state index is 0.0284. The normalized spacial score (nSPS) is 15.2. The van der Waals surface area contributed by atoms with Crippen LogP contribution in [0.1, 0.15) is 54.5 Å². The van der Waals surface area contributed by atoms with E-state index in [9.17, 15) is 11.9 Å². The molecule has 6 nitrogen and oxygen atoms in total. The third-order valence-electron chi connectivity index (χ3n) is 6.61. The lowest BCUT2D eigenvalue weighted by Gasteiger charge is -2.22. The molecule has 1 aromatic heterocycles. The van der Waals surface area contributed by atoms with Crippen molar-refractivity contribution in [2.75, 3.05) is 11.9 Å². The van der Waals surface area contributed by atoms with Crippen molar-refractivity contribution in [3.63, 3.8) is 0 Å². The molecule has 0 amide bonds. The summed E-state index contributed by atoms with van der Waals surface area (Å²) in [6.45, 7) is 2.50. The van der Waals surface area contributed by atoms with Gasteiger partial charge in [0.2, 0.25) is 0 Å². The zero-order valence-electron chi connectivity index (χ0n) is 21.8. The van der Waals surface area contributed by atoms with Gasteiger partial charge in [-0.05, 0) is 59.9 Å². The molecule has 3 aromatic carbocycles. The van der Waals surface area contributed by atoms with Crippen LogP contribution in [0.15, 0.2) is 94.9 Å². The minimum Gasteiger partial charge on any atom is -0.377 e. The predicted octanol–water partition coefficient (Wildman–Crippen LogP) is 7.87. The Kier molecular flexibility index (Phi) is 7.06. The Labute approximate surface area is 228 Å². The van der Waals surface area contributed by atoms with Gasteiger partial charge >= 0.3 is 0 Å². The Morgan fingerprint density at radius 3 is 2.58 bits per heavy atom. The predicted molar refractivity (Wildman–Crippen MR) is 150 cm³/mol. The first-order chi connectivity index (χ1) is 19.0. The van der Waals surface area contributed by atoms with Gasteiger partial charge < -0.3 is 5.32 Å². The second kappa shape index (κ2) is 11.3. The van der Waals surface area contributed by atoms with Crippen molar-refractivity contribution in [1.82, 2.24) is 4.98 Å². The van der Waals surface area contributed by atoms with Crippen molar-refractivity contribution in [2.24, 2.45) is 10.2 Å². The lowest BCUT2D eigenvalue weighted by atomic mass is 9.88. The van der Waals surface area contributed by atoms with Crippen LogP contribution >= 0.6 is 11.6 Å². The first-order valence-corrected chi connectivity index (χ1v) is 12.8. The third kappa shape index (κ3) is 5.13. The summed E-state index contributed by atoms with van der Waals surface area (Å²) in [7, 11) is 0. The molecule has 1 aliphatic rings. The van der Waals surface area contributed by atoms with Gasteiger partial charge in [-0.25, -0.2) is 0 Å². The number of aromatic nitrogens is 1. The molecular formula is C31H25ClN6. The van der Waals surface area contributed by atoms with Gasteiger partial charge in [-0.3, -0.25) is 4.98 Å². The maximum atomic E-state index is 9.95. The summed E-state index contributed by atoms with van der Waals surface area (Å²) in [4.78, 5) is 4.49. The number of anilines is 1. The van der Waals surface area contributed by atoms with Crippen molar-refractivity contribution in [1.29, 1.82) is 10.5 Å². The Hall–Kier alpha value is -4.52. The maximum Gasteiger partial charge on any atom is 0.103 e. The quantitative estimate of drug-likeness (QED) is 0.257. The number of hydrogen-bond donors (Lipinski definition) is 1. The fraction of sp³-hybridized carbons (Fsp3) is 0.194. The van der Waals surface area contributed by atoms with Crippen LogP contribution < -0.4 is 5.32 Å². The van der Waals surface area contributed by atoms with E-state index >= 15 is 0 Å². The molecule has 0 saturated heterocycles. The number of nitrogens with one attached hydrogen (secondary N) is 1. The molecule has 5 rings (SSSR count). The van der Waals surface area contributed by atoms with E-state index in [0.717, 1.165) is 17.5 Å². The van der Waals surface area contributed by atoms with Gasteiger partial charge in [0, 0.05) is 18.8 Å². The summed E-state index contributed by atoms with van der Waals surface area (Å²) in [5.74, 6) is -1.30. The smallest absolute Gasteiger partial charge is 0.103 e. The highest BCUT2D eigenvalue weighted by atomic mass is 35.5. The molecule has 0 saturated carbocycles. The van der Waals surface area contributed by atoms with Crippen LogP contribution in [0.2, 0.25) is 5.02 Å². The number of allylic oxidation sites excluding steroid dienone is 1. The summed E-state index contributed by atoms with van der Waals surface area (Å²) in [6.07, 6.45) is 4.41. The molecule has 1 N–H and O–H groups in total. The molecule has 38 heavy (non-hydrogen) atoms. The number of nitriles is 2. The number of hydrogen-bond acceptors (Lipinski definition) is 6. The number of benzene rings is 3. The number of rotatable bonds is 8. The van der Waals surface area contributed by atoms with Gasteiger partial charge in [-0.1, -0.05) is 61.0 Å². The van der Waals surface area contributed by atoms with Crippen molar-refractivity contribution < 1.29 is 1.37 Å². The molecule has 1 aliphatic heterocycles. The largest absolute Gasteiger partial charge is 0.377 e. The molecule has 2 heterocycles. The van der Waals surface area contributed by atoms with Crippen LogP contribution in [0.5, 0.6) is 0 Å². The van der Waals surface area contributed by atoms with Crippen LogP contribution in [-0.2, 0) is 6.42 Å². The zero-order valence-corrected chi connectivity index (χ0v) is 21.6. The van der Waals surface area contributed by atoms with Crippen LogP contribution in [0, 0.1) is 22.7 Å². The number of fused-ring (bicyclic) bond motifs is 1. The standard InChI is InChI=1S/C31H25ClN6/c1-2-28(22-8-4-3-5-9-22)37-30-24(18-34)19-35-31-26(30)15-21(16-27(31)32)14-25(29-11-12-36-38-29)23-10-6-7-20(13-23)17-33/h3-11,13,15-16,19,25,28H,2,12,14H2,1H3,(H,35,37)/t25-,28+/m0/s1/i25D. The summed E-state index contributed by atoms with van der Waals surface area (Å²) < 4.78 is 9.58. The van der Waals surface area contributed by atoms with E-state index in [4.69, 9.17) is 11.6 Å². The molecular weight excluding hydrogens is 492 g/mol. The van der Waals surface area contributed by atoms with Gasteiger partial charge in [0.05, 0.1) is 51.7 Å². The van der Waals surface area contributed by atoms with Crippen molar-refractivity contribution >= 4 is 28.2 Å². The Balaban J connectivity index is 1.63. The Morgan fingerprint density at radius 1 is 1.05 bits per heavy atom. The van der Waals surface area contributed by atoms with Gasteiger partial charge in [0.15, 0.2) is 0 Å². The van der Waals surface area contributed by atoms with E-state index < -0.39 is 5.89 Å². The van der Waals surface area contributed by atoms with E-state index in [1.807, 2.05) is 42.5 Å². The molecule has 7 heteroatoms. The summed E-state index contributed by atoms with van der Waals surface area (Å²) in [5, 5.41) is 32.5. The van der Waals surface area contributed by atoms with Crippen LogP contribution in [0.25, 0.3) is 10.9 Å². The lowest BCUT2D eigenvalue weighted by molar-refractivity contribution is 0.750.